The first-order valence-corrected chi connectivity index (χ1v) is 7.54. The van der Waals surface area contributed by atoms with E-state index in [2.05, 4.69) is 24.3 Å². The summed E-state index contributed by atoms with van der Waals surface area (Å²) in [6, 6.07) is 16.6. The van der Waals surface area contributed by atoms with Crippen molar-refractivity contribution < 1.29 is 9.47 Å². The van der Waals surface area contributed by atoms with Gasteiger partial charge in [-0.25, -0.2) is 0 Å². The van der Waals surface area contributed by atoms with Gasteiger partial charge in [-0.1, -0.05) is 35.2 Å². The first-order valence-electron chi connectivity index (χ1n) is 7.54. The van der Waals surface area contributed by atoms with E-state index in [-0.39, 0.29) is 12.2 Å². The zero-order valence-corrected chi connectivity index (χ0v) is 13.3. The average Bonchev–Trinajstić information content (AvgIpc) is 2.42. The minimum Gasteiger partial charge on any atom is -0.491 e. The number of hydrogen-bond acceptors (Lipinski definition) is 2. The maximum atomic E-state index is 5.66. The summed E-state index contributed by atoms with van der Waals surface area (Å²) < 4.78 is 11.3. The molecule has 0 saturated heterocycles. The Kier molecular flexibility index (Phi) is 5.32. The van der Waals surface area contributed by atoms with Crippen LogP contribution in [0, 0.1) is 0 Å². The summed E-state index contributed by atoms with van der Waals surface area (Å²) in [5, 5.41) is 0. The molecule has 21 heavy (non-hydrogen) atoms. The van der Waals surface area contributed by atoms with Gasteiger partial charge in [-0.3, -0.25) is 0 Å². The monoisotopic (exact) mass is 282 g/mol. The third-order valence-electron chi connectivity index (χ3n) is 3.00. The van der Waals surface area contributed by atoms with Crippen LogP contribution in [0.2, 0.25) is 0 Å². The lowest BCUT2D eigenvalue weighted by Crippen LogP contribution is -2.26. The number of rotatable bonds is 6. The molecule has 0 heterocycles. The summed E-state index contributed by atoms with van der Waals surface area (Å²) >= 11 is 0. The fourth-order valence-corrected chi connectivity index (χ4v) is 2.15. The van der Waals surface area contributed by atoms with Crippen molar-refractivity contribution in [2.45, 2.75) is 39.9 Å². The van der Waals surface area contributed by atoms with Gasteiger partial charge in [-0.05, 0) is 52.0 Å². The lowest BCUT2D eigenvalue weighted by atomic mass is 9.64. The summed E-state index contributed by atoms with van der Waals surface area (Å²) in [5.41, 5.74) is 2.56. The predicted molar refractivity (Wildman–Crippen MR) is 90.8 cm³/mol. The molecule has 0 N–H and O–H groups in total. The van der Waals surface area contributed by atoms with Crippen LogP contribution in [0.4, 0.5) is 0 Å². The average molecular weight is 282 g/mol. The molecule has 0 spiro atoms. The largest absolute Gasteiger partial charge is 0.491 e. The number of benzene rings is 2. The summed E-state index contributed by atoms with van der Waals surface area (Å²) in [5.74, 6) is 1.85. The van der Waals surface area contributed by atoms with Crippen molar-refractivity contribution in [1.82, 2.24) is 0 Å². The first kappa shape index (κ1) is 15.5. The molecule has 0 unspecified atom stereocenters. The van der Waals surface area contributed by atoms with E-state index >= 15 is 0 Å². The van der Waals surface area contributed by atoms with Gasteiger partial charge in [0.2, 0.25) is 0 Å². The van der Waals surface area contributed by atoms with Crippen LogP contribution >= 0.6 is 0 Å². The highest BCUT2D eigenvalue weighted by Gasteiger charge is 2.03. The van der Waals surface area contributed by atoms with E-state index in [1.165, 1.54) is 10.9 Å². The molecule has 0 amide bonds. The van der Waals surface area contributed by atoms with Crippen molar-refractivity contribution in [1.29, 1.82) is 0 Å². The predicted octanol–water partition coefficient (Wildman–Crippen LogP) is 2.65. The Balaban J connectivity index is 1.97. The van der Waals surface area contributed by atoms with E-state index < -0.39 is 0 Å². The van der Waals surface area contributed by atoms with Crippen molar-refractivity contribution in [3.05, 3.63) is 48.5 Å². The van der Waals surface area contributed by atoms with Crippen molar-refractivity contribution >= 4 is 18.2 Å². The molecule has 110 valence electrons. The second-order valence-electron chi connectivity index (χ2n) is 5.80. The zero-order valence-electron chi connectivity index (χ0n) is 13.3. The van der Waals surface area contributed by atoms with Crippen LogP contribution in [0.3, 0.4) is 0 Å². The molecule has 0 radical (unpaired) electrons. The maximum Gasteiger partial charge on any atom is 0.192 e. The van der Waals surface area contributed by atoms with E-state index in [9.17, 15) is 0 Å². The van der Waals surface area contributed by atoms with Gasteiger partial charge in [0.05, 0.1) is 12.2 Å². The number of hydrogen-bond donors (Lipinski definition) is 0. The van der Waals surface area contributed by atoms with Crippen molar-refractivity contribution in [3.8, 4) is 11.5 Å². The molecule has 0 aliphatic heterocycles. The van der Waals surface area contributed by atoms with Gasteiger partial charge >= 0.3 is 0 Å². The highest BCUT2D eigenvalue weighted by Crippen LogP contribution is 2.11. The lowest BCUT2D eigenvalue weighted by molar-refractivity contribution is 0.242. The quantitative estimate of drug-likeness (QED) is 0.758. The molecule has 2 rings (SSSR count). The Morgan fingerprint density at radius 2 is 0.952 bits per heavy atom. The Morgan fingerprint density at radius 1 is 0.619 bits per heavy atom. The molecule has 0 aliphatic rings. The molecular weight excluding hydrogens is 259 g/mol. The molecule has 2 aromatic carbocycles. The van der Waals surface area contributed by atoms with Crippen LogP contribution in [-0.2, 0) is 0 Å². The van der Waals surface area contributed by atoms with E-state index in [4.69, 9.17) is 9.47 Å². The molecule has 3 heteroatoms. The SMILES string of the molecule is CC(C)Oc1ccc(Bc2ccc(OC(C)C)cc2)cc1. The van der Waals surface area contributed by atoms with E-state index in [1.54, 1.807) is 0 Å². The van der Waals surface area contributed by atoms with E-state index in [0.29, 0.717) is 0 Å². The Morgan fingerprint density at radius 3 is 1.24 bits per heavy atom. The molecule has 0 atom stereocenters. The molecule has 2 aromatic rings. The van der Waals surface area contributed by atoms with Crippen molar-refractivity contribution in [2.24, 2.45) is 0 Å². The van der Waals surface area contributed by atoms with Crippen LogP contribution in [-0.4, -0.2) is 19.5 Å². The van der Waals surface area contributed by atoms with Gasteiger partial charge in [-0.15, -0.1) is 0 Å². The van der Waals surface area contributed by atoms with Crippen LogP contribution in [0.15, 0.2) is 48.5 Å². The van der Waals surface area contributed by atoms with Gasteiger partial charge < -0.3 is 9.47 Å². The molecule has 0 aliphatic carbocycles. The summed E-state index contributed by atoms with van der Waals surface area (Å²) in [7, 11) is 0.921. The van der Waals surface area contributed by atoms with Crippen LogP contribution in [0.5, 0.6) is 11.5 Å². The molecule has 0 fully saturated rings. The van der Waals surface area contributed by atoms with E-state index in [0.717, 1.165) is 18.8 Å². The summed E-state index contributed by atoms with van der Waals surface area (Å²) in [6.45, 7) is 8.15. The molecule has 0 saturated carbocycles. The van der Waals surface area contributed by atoms with Crippen LogP contribution in [0.1, 0.15) is 27.7 Å². The fraction of sp³-hybridized carbons (Fsp3) is 0.333. The topological polar surface area (TPSA) is 18.5 Å². The van der Waals surface area contributed by atoms with Gasteiger partial charge in [0.15, 0.2) is 7.28 Å². The first-order chi connectivity index (χ1) is 10.0. The van der Waals surface area contributed by atoms with Crippen molar-refractivity contribution in [3.63, 3.8) is 0 Å². The maximum absolute atomic E-state index is 5.66. The summed E-state index contributed by atoms with van der Waals surface area (Å²) in [4.78, 5) is 0. The van der Waals surface area contributed by atoms with E-state index in [1.807, 2.05) is 52.0 Å². The zero-order chi connectivity index (χ0) is 15.2. The minimum atomic E-state index is 0.212. The smallest absolute Gasteiger partial charge is 0.192 e. The second kappa shape index (κ2) is 7.21. The Labute approximate surface area is 128 Å². The second-order valence-corrected chi connectivity index (χ2v) is 5.80. The minimum absolute atomic E-state index is 0.212. The normalized spacial score (nSPS) is 10.8. The third-order valence-corrected chi connectivity index (χ3v) is 3.00. The van der Waals surface area contributed by atoms with Crippen LogP contribution < -0.4 is 20.4 Å². The lowest BCUT2D eigenvalue weighted by Gasteiger charge is -2.11. The Hall–Kier alpha value is -1.90. The van der Waals surface area contributed by atoms with Gasteiger partial charge in [0.1, 0.15) is 11.5 Å². The highest BCUT2D eigenvalue weighted by atomic mass is 16.5. The standard InChI is InChI=1S/C18H23BO2/c1-13(2)20-17-9-5-15(6-10-17)19-16-7-11-18(12-8-16)21-14(3)4/h5-14,19H,1-4H3. The fourth-order valence-electron chi connectivity index (χ4n) is 2.15. The molecular formula is C18H23BO2. The van der Waals surface area contributed by atoms with Gasteiger partial charge in [0.25, 0.3) is 0 Å². The molecule has 0 bridgehead atoms. The number of ether oxygens (including phenoxy) is 2. The highest BCUT2D eigenvalue weighted by molar-refractivity contribution is 6.67. The Bertz CT molecular complexity index is 493. The van der Waals surface area contributed by atoms with Crippen LogP contribution in [0.25, 0.3) is 0 Å². The van der Waals surface area contributed by atoms with Gasteiger partial charge in [0, 0.05) is 0 Å². The van der Waals surface area contributed by atoms with Crippen molar-refractivity contribution in [2.75, 3.05) is 0 Å². The summed E-state index contributed by atoms with van der Waals surface area (Å²) in [6.07, 6.45) is 0.425. The molecule has 2 nitrogen and oxygen atoms in total. The third kappa shape index (κ3) is 5.18. The van der Waals surface area contributed by atoms with Gasteiger partial charge in [-0.2, -0.15) is 0 Å². The molecule has 0 aromatic heterocycles.